The van der Waals surface area contributed by atoms with Gasteiger partial charge in [-0.1, -0.05) is 49.4 Å². The van der Waals surface area contributed by atoms with Crippen LogP contribution in [-0.4, -0.2) is 18.0 Å². The predicted octanol–water partition coefficient (Wildman–Crippen LogP) is 4.63. The first kappa shape index (κ1) is 15.0. The largest absolute Gasteiger partial charge is 0.298 e. The highest BCUT2D eigenvalue weighted by molar-refractivity contribution is 6.21. The van der Waals surface area contributed by atoms with Gasteiger partial charge >= 0.3 is 0 Å². The molecule has 0 aliphatic carbocycles. The number of rotatable bonds is 6. The van der Waals surface area contributed by atoms with Gasteiger partial charge in [0.25, 0.3) is 0 Å². The molecule has 1 unspecified atom stereocenters. The Kier molecular flexibility index (Phi) is 5.57. The Morgan fingerprint density at radius 2 is 1.70 bits per heavy atom. The van der Waals surface area contributed by atoms with Crippen LogP contribution in [0.4, 0.5) is 4.39 Å². The normalized spacial score (nSPS) is 12.6. The van der Waals surface area contributed by atoms with Crippen LogP contribution in [0, 0.1) is 5.82 Å². The van der Waals surface area contributed by atoms with Crippen LogP contribution in [0.25, 0.3) is 0 Å². The van der Waals surface area contributed by atoms with Crippen LogP contribution in [0.2, 0.25) is 0 Å². The van der Waals surface area contributed by atoms with Gasteiger partial charge < -0.3 is 0 Å². The lowest BCUT2D eigenvalue weighted by Gasteiger charge is -2.23. The molecular formula is C17H19ClFN. The van der Waals surface area contributed by atoms with Crippen molar-refractivity contribution in [3.63, 3.8) is 0 Å². The summed E-state index contributed by atoms with van der Waals surface area (Å²) in [5, 5.41) is -0.126. The molecule has 0 saturated carbocycles. The maximum absolute atomic E-state index is 12.9. The quantitative estimate of drug-likeness (QED) is 0.702. The van der Waals surface area contributed by atoms with Crippen molar-refractivity contribution in [3.8, 4) is 0 Å². The first-order valence-corrected chi connectivity index (χ1v) is 7.28. The van der Waals surface area contributed by atoms with Crippen LogP contribution in [0.3, 0.4) is 0 Å². The number of alkyl halides is 1. The summed E-state index contributed by atoms with van der Waals surface area (Å²) in [4.78, 5) is 2.29. The summed E-state index contributed by atoms with van der Waals surface area (Å²) in [5.74, 6) is -0.228. The summed E-state index contributed by atoms with van der Waals surface area (Å²) in [6, 6.07) is 16.8. The third kappa shape index (κ3) is 4.32. The third-order valence-corrected chi connectivity index (χ3v) is 3.74. The number of nitrogens with zero attached hydrogens (tertiary/aromatic N) is 1. The van der Waals surface area contributed by atoms with Gasteiger partial charge in [-0.15, -0.1) is 11.6 Å². The smallest absolute Gasteiger partial charge is 0.123 e. The fourth-order valence-electron chi connectivity index (χ4n) is 2.15. The van der Waals surface area contributed by atoms with Crippen LogP contribution in [0.15, 0.2) is 54.6 Å². The zero-order chi connectivity index (χ0) is 14.4. The summed E-state index contributed by atoms with van der Waals surface area (Å²) in [6.07, 6.45) is 0. The van der Waals surface area contributed by atoms with Crippen molar-refractivity contribution in [2.45, 2.75) is 18.8 Å². The molecule has 20 heavy (non-hydrogen) atoms. The molecule has 2 rings (SSSR count). The second-order valence-corrected chi connectivity index (χ2v) is 5.36. The lowest BCUT2D eigenvalue weighted by molar-refractivity contribution is 0.280. The van der Waals surface area contributed by atoms with E-state index >= 15 is 0 Å². The number of likely N-dealkylation sites (N-methyl/N-ethyl adjacent to an activating group) is 1. The minimum Gasteiger partial charge on any atom is -0.298 e. The summed E-state index contributed by atoms with van der Waals surface area (Å²) < 4.78 is 12.9. The Hall–Kier alpha value is -1.38. The molecule has 0 amide bonds. The van der Waals surface area contributed by atoms with Crippen molar-refractivity contribution in [2.75, 3.05) is 13.1 Å². The highest BCUT2D eigenvalue weighted by Gasteiger charge is 2.13. The Balaban J connectivity index is 1.97. The zero-order valence-corrected chi connectivity index (χ0v) is 12.4. The molecule has 0 aromatic heterocycles. The fraction of sp³-hybridized carbons (Fsp3) is 0.294. The zero-order valence-electron chi connectivity index (χ0n) is 11.6. The Morgan fingerprint density at radius 1 is 1.05 bits per heavy atom. The van der Waals surface area contributed by atoms with Crippen LogP contribution < -0.4 is 0 Å². The Bertz CT molecular complexity index is 512. The average Bonchev–Trinajstić information content (AvgIpc) is 2.48. The van der Waals surface area contributed by atoms with E-state index in [-0.39, 0.29) is 11.2 Å². The lowest BCUT2D eigenvalue weighted by Crippen LogP contribution is -2.26. The molecule has 2 aromatic rings. The van der Waals surface area contributed by atoms with E-state index in [0.717, 1.165) is 25.2 Å². The summed E-state index contributed by atoms with van der Waals surface area (Å²) >= 11 is 6.43. The van der Waals surface area contributed by atoms with E-state index in [1.807, 2.05) is 18.2 Å². The molecule has 0 fully saturated rings. The Morgan fingerprint density at radius 3 is 2.30 bits per heavy atom. The van der Waals surface area contributed by atoms with Crippen molar-refractivity contribution in [1.29, 1.82) is 0 Å². The monoisotopic (exact) mass is 291 g/mol. The van der Waals surface area contributed by atoms with Gasteiger partial charge in [0.1, 0.15) is 5.82 Å². The molecule has 0 radical (unpaired) electrons. The van der Waals surface area contributed by atoms with Gasteiger partial charge in [-0.25, -0.2) is 4.39 Å². The van der Waals surface area contributed by atoms with Crippen LogP contribution in [0.1, 0.15) is 23.4 Å². The highest BCUT2D eigenvalue weighted by atomic mass is 35.5. The van der Waals surface area contributed by atoms with Crippen LogP contribution in [-0.2, 0) is 6.54 Å². The van der Waals surface area contributed by atoms with E-state index in [1.165, 1.54) is 17.7 Å². The summed E-state index contributed by atoms with van der Waals surface area (Å²) in [5.41, 5.74) is 2.23. The van der Waals surface area contributed by atoms with E-state index in [9.17, 15) is 4.39 Å². The van der Waals surface area contributed by atoms with Gasteiger partial charge in [0.2, 0.25) is 0 Å². The second-order valence-electron chi connectivity index (χ2n) is 4.83. The van der Waals surface area contributed by atoms with Gasteiger partial charge in [-0.3, -0.25) is 4.90 Å². The summed E-state index contributed by atoms with van der Waals surface area (Å²) in [6.45, 7) is 4.68. The Labute approximate surface area is 125 Å². The topological polar surface area (TPSA) is 3.24 Å². The molecule has 2 aromatic carbocycles. The van der Waals surface area contributed by atoms with E-state index in [1.54, 1.807) is 12.1 Å². The van der Waals surface area contributed by atoms with Gasteiger partial charge in [-0.2, -0.15) is 0 Å². The van der Waals surface area contributed by atoms with Crippen LogP contribution >= 0.6 is 11.6 Å². The minimum atomic E-state index is -0.228. The van der Waals surface area contributed by atoms with Crippen molar-refractivity contribution < 1.29 is 4.39 Å². The maximum Gasteiger partial charge on any atom is 0.123 e. The lowest BCUT2D eigenvalue weighted by atomic mass is 10.1. The van der Waals surface area contributed by atoms with Gasteiger partial charge in [-0.05, 0) is 29.8 Å². The number of halogens is 2. The van der Waals surface area contributed by atoms with E-state index in [2.05, 4.69) is 24.0 Å². The molecule has 0 spiro atoms. The van der Waals surface area contributed by atoms with Crippen LogP contribution in [0.5, 0.6) is 0 Å². The molecule has 0 aliphatic rings. The molecule has 1 atom stereocenters. The fourth-order valence-corrected chi connectivity index (χ4v) is 2.49. The number of hydrogen-bond acceptors (Lipinski definition) is 1. The van der Waals surface area contributed by atoms with Crippen molar-refractivity contribution in [1.82, 2.24) is 4.90 Å². The summed E-state index contributed by atoms with van der Waals surface area (Å²) in [7, 11) is 0. The van der Waals surface area contributed by atoms with E-state index < -0.39 is 0 Å². The predicted molar refractivity (Wildman–Crippen MR) is 82.4 cm³/mol. The van der Waals surface area contributed by atoms with Crippen molar-refractivity contribution in [3.05, 3.63) is 71.5 Å². The molecule has 106 valence electrons. The first-order valence-electron chi connectivity index (χ1n) is 6.85. The molecular weight excluding hydrogens is 273 g/mol. The number of hydrogen-bond donors (Lipinski definition) is 0. The molecule has 0 heterocycles. The standard InChI is InChI=1S/C17H19ClFN/c1-2-20(12-14-6-4-3-5-7-14)13-17(18)15-8-10-16(19)11-9-15/h3-11,17H,2,12-13H2,1H3. The first-order chi connectivity index (χ1) is 9.69. The van der Waals surface area contributed by atoms with Gasteiger partial charge in [0, 0.05) is 13.1 Å². The van der Waals surface area contributed by atoms with Crippen molar-refractivity contribution in [2.24, 2.45) is 0 Å². The van der Waals surface area contributed by atoms with Crippen molar-refractivity contribution >= 4 is 11.6 Å². The molecule has 0 bridgehead atoms. The second kappa shape index (κ2) is 7.41. The minimum absolute atomic E-state index is 0.126. The SMILES string of the molecule is CCN(Cc1ccccc1)CC(Cl)c1ccc(F)cc1. The molecule has 0 N–H and O–H groups in total. The van der Waals surface area contributed by atoms with Gasteiger partial charge in [0.05, 0.1) is 5.38 Å². The molecule has 3 heteroatoms. The average molecular weight is 292 g/mol. The van der Waals surface area contributed by atoms with E-state index in [0.29, 0.717) is 0 Å². The third-order valence-electron chi connectivity index (χ3n) is 3.35. The molecule has 0 saturated heterocycles. The highest BCUT2D eigenvalue weighted by Crippen LogP contribution is 2.22. The van der Waals surface area contributed by atoms with Gasteiger partial charge in [0.15, 0.2) is 0 Å². The van der Waals surface area contributed by atoms with E-state index in [4.69, 9.17) is 11.6 Å². The molecule has 1 nitrogen and oxygen atoms in total. The number of benzene rings is 2. The molecule has 0 aliphatic heterocycles. The maximum atomic E-state index is 12.9.